The van der Waals surface area contributed by atoms with Crippen LogP contribution in [0.5, 0.6) is 0 Å². The fourth-order valence-corrected chi connectivity index (χ4v) is 5.70. The van der Waals surface area contributed by atoms with Crippen molar-refractivity contribution in [3.8, 4) is 0 Å². The average Bonchev–Trinajstić information content (AvgIpc) is 3.25. The van der Waals surface area contributed by atoms with Crippen molar-refractivity contribution in [2.24, 2.45) is 0 Å². The van der Waals surface area contributed by atoms with Gasteiger partial charge in [0.05, 0.1) is 34.7 Å². The topological polar surface area (TPSA) is 115 Å². The fourth-order valence-electron chi connectivity index (χ4n) is 4.26. The summed E-state index contributed by atoms with van der Waals surface area (Å²) < 4.78 is 35.8. The molecule has 1 saturated heterocycles. The number of nitrogens with one attached hydrogen (secondary N) is 1. The second-order valence-corrected chi connectivity index (χ2v) is 10.4. The van der Waals surface area contributed by atoms with E-state index >= 15 is 0 Å². The monoisotopic (exact) mass is 495 g/mol. The maximum absolute atomic E-state index is 13.2. The number of aromatic nitrogens is 3. The van der Waals surface area contributed by atoms with E-state index in [1.807, 2.05) is 19.1 Å². The molecular formula is C24H25N5O5S. The predicted octanol–water partition coefficient (Wildman–Crippen LogP) is 1.93. The number of morpholine rings is 1. The van der Waals surface area contributed by atoms with Crippen LogP contribution in [0, 0.1) is 13.8 Å². The Morgan fingerprint density at radius 1 is 1.09 bits per heavy atom. The van der Waals surface area contributed by atoms with Crippen molar-refractivity contribution in [1.29, 1.82) is 0 Å². The van der Waals surface area contributed by atoms with Crippen LogP contribution < -0.4 is 10.9 Å². The Morgan fingerprint density at radius 2 is 1.83 bits per heavy atom. The van der Waals surface area contributed by atoms with E-state index in [1.54, 1.807) is 35.7 Å². The van der Waals surface area contributed by atoms with Gasteiger partial charge in [-0.2, -0.15) is 9.40 Å². The minimum atomic E-state index is -3.72. The number of amides is 1. The smallest absolute Gasteiger partial charge is 0.262 e. The largest absolute Gasteiger partial charge is 0.379 e. The Labute approximate surface area is 201 Å². The molecule has 1 N–H and O–H groups in total. The van der Waals surface area contributed by atoms with Gasteiger partial charge in [-0.05, 0) is 43.7 Å². The zero-order valence-electron chi connectivity index (χ0n) is 19.4. The number of aryl methyl sites for hydroxylation is 2. The van der Waals surface area contributed by atoms with Gasteiger partial charge in [0.25, 0.3) is 5.56 Å². The van der Waals surface area contributed by atoms with Crippen molar-refractivity contribution < 1.29 is 17.9 Å². The van der Waals surface area contributed by atoms with Crippen LogP contribution in [0.2, 0.25) is 0 Å². The number of rotatable bonds is 5. The first kappa shape index (κ1) is 23.2. The first-order chi connectivity index (χ1) is 16.8. The highest BCUT2D eigenvalue weighted by Gasteiger charge is 2.27. The Kier molecular flexibility index (Phi) is 5.91. The molecule has 0 aliphatic carbocycles. The number of fused-ring (bicyclic) bond motifs is 3. The fraction of sp³-hybridized carbons (Fsp3) is 0.292. The van der Waals surface area contributed by atoms with E-state index in [-0.39, 0.29) is 30.1 Å². The Hall–Kier alpha value is -3.54. The highest BCUT2D eigenvalue weighted by Crippen LogP contribution is 2.24. The molecule has 1 aliphatic heterocycles. The lowest BCUT2D eigenvalue weighted by atomic mass is 10.2. The maximum atomic E-state index is 13.2. The van der Waals surface area contributed by atoms with Crippen molar-refractivity contribution in [2.45, 2.75) is 25.3 Å². The molecule has 3 heterocycles. The van der Waals surface area contributed by atoms with Crippen LogP contribution in [0.1, 0.15) is 11.3 Å². The summed E-state index contributed by atoms with van der Waals surface area (Å²) in [5, 5.41) is 7.71. The highest BCUT2D eigenvalue weighted by molar-refractivity contribution is 7.89. The first-order valence-corrected chi connectivity index (χ1v) is 12.7. The molecule has 4 aromatic rings. The SMILES string of the molecule is Cc1cc2n(CC(=O)Nc3cc(S(=O)(=O)N4CCOCC4)ccc3C)c(=O)c3ccccc3n2n1. The molecule has 182 valence electrons. The predicted molar refractivity (Wildman–Crippen MR) is 131 cm³/mol. The molecule has 0 atom stereocenters. The molecule has 1 aliphatic rings. The van der Waals surface area contributed by atoms with E-state index < -0.39 is 15.9 Å². The molecule has 0 bridgehead atoms. The summed E-state index contributed by atoms with van der Waals surface area (Å²) in [7, 11) is -3.72. The number of carbonyl (C=O) groups is 1. The van der Waals surface area contributed by atoms with Gasteiger partial charge in [0.2, 0.25) is 15.9 Å². The molecular weight excluding hydrogens is 470 g/mol. The van der Waals surface area contributed by atoms with E-state index in [9.17, 15) is 18.0 Å². The molecule has 11 heteroatoms. The van der Waals surface area contributed by atoms with Crippen molar-refractivity contribution >= 4 is 38.2 Å². The number of ether oxygens (including phenoxy) is 1. The highest BCUT2D eigenvalue weighted by atomic mass is 32.2. The van der Waals surface area contributed by atoms with Gasteiger partial charge < -0.3 is 10.1 Å². The molecule has 0 unspecified atom stereocenters. The van der Waals surface area contributed by atoms with Crippen LogP contribution >= 0.6 is 0 Å². The van der Waals surface area contributed by atoms with Crippen molar-refractivity contribution in [3.05, 3.63) is 70.1 Å². The van der Waals surface area contributed by atoms with E-state index in [0.29, 0.717) is 46.7 Å². The third kappa shape index (κ3) is 4.22. The number of benzene rings is 2. The average molecular weight is 496 g/mol. The lowest BCUT2D eigenvalue weighted by Crippen LogP contribution is -2.40. The molecule has 5 rings (SSSR count). The Bertz CT molecular complexity index is 1620. The third-order valence-electron chi connectivity index (χ3n) is 6.09. The van der Waals surface area contributed by atoms with Crippen LogP contribution in [-0.2, 0) is 26.1 Å². The minimum Gasteiger partial charge on any atom is -0.379 e. The van der Waals surface area contributed by atoms with Gasteiger partial charge in [0, 0.05) is 24.8 Å². The van der Waals surface area contributed by atoms with Crippen molar-refractivity contribution in [3.63, 3.8) is 0 Å². The molecule has 1 fully saturated rings. The summed E-state index contributed by atoms with van der Waals surface area (Å²) in [6.07, 6.45) is 0. The van der Waals surface area contributed by atoms with Crippen LogP contribution in [0.4, 0.5) is 5.69 Å². The van der Waals surface area contributed by atoms with E-state index in [2.05, 4.69) is 10.4 Å². The first-order valence-electron chi connectivity index (χ1n) is 11.2. The number of carbonyl (C=O) groups excluding carboxylic acids is 1. The molecule has 0 radical (unpaired) electrons. The molecule has 2 aromatic carbocycles. The van der Waals surface area contributed by atoms with Gasteiger partial charge in [0.1, 0.15) is 12.2 Å². The summed E-state index contributed by atoms with van der Waals surface area (Å²) in [5.74, 6) is -0.452. The van der Waals surface area contributed by atoms with Gasteiger partial charge in [-0.15, -0.1) is 0 Å². The summed E-state index contributed by atoms with van der Waals surface area (Å²) in [5.41, 5.74) is 2.65. The number of nitrogens with zero attached hydrogens (tertiary/aromatic N) is 4. The Balaban J connectivity index is 1.47. The van der Waals surface area contributed by atoms with Gasteiger partial charge in [-0.25, -0.2) is 12.9 Å². The van der Waals surface area contributed by atoms with Crippen LogP contribution in [0.15, 0.2) is 58.2 Å². The normalized spacial score (nSPS) is 15.0. The molecule has 35 heavy (non-hydrogen) atoms. The molecule has 0 spiro atoms. The second kappa shape index (κ2) is 8.91. The summed E-state index contributed by atoms with van der Waals surface area (Å²) in [6, 6.07) is 13.5. The summed E-state index contributed by atoms with van der Waals surface area (Å²) >= 11 is 0. The third-order valence-corrected chi connectivity index (χ3v) is 7.98. The van der Waals surface area contributed by atoms with Gasteiger partial charge in [-0.3, -0.25) is 14.2 Å². The maximum Gasteiger partial charge on any atom is 0.262 e. The summed E-state index contributed by atoms with van der Waals surface area (Å²) in [6.45, 7) is 4.60. The van der Waals surface area contributed by atoms with Gasteiger partial charge >= 0.3 is 0 Å². The second-order valence-electron chi connectivity index (χ2n) is 8.51. The summed E-state index contributed by atoms with van der Waals surface area (Å²) in [4.78, 5) is 26.4. The van der Waals surface area contributed by atoms with Crippen LogP contribution in [0.3, 0.4) is 0 Å². The quantitative estimate of drug-likeness (QED) is 0.452. The molecule has 2 aromatic heterocycles. The molecule has 1 amide bonds. The van der Waals surface area contributed by atoms with E-state index in [1.165, 1.54) is 21.0 Å². The van der Waals surface area contributed by atoms with Crippen molar-refractivity contribution in [2.75, 3.05) is 31.6 Å². The number of hydrogen-bond acceptors (Lipinski definition) is 6. The van der Waals surface area contributed by atoms with Crippen molar-refractivity contribution in [1.82, 2.24) is 18.5 Å². The van der Waals surface area contributed by atoms with Crippen LogP contribution in [-0.4, -0.2) is 59.1 Å². The lowest BCUT2D eigenvalue weighted by Gasteiger charge is -2.26. The molecule has 10 nitrogen and oxygen atoms in total. The zero-order valence-corrected chi connectivity index (χ0v) is 20.2. The van der Waals surface area contributed by atoms with E-state index in [0.717, 1.165) is 0 Å². The lowest BCUT2D eigenvalue weighted by molar-refractivity contribution is -0.116. The molecule has 0 saturated carbocycles. The number of para-hydroxylation sites is 1. The number of hydrogen-bond donors (Lipinski definition) is 1. The minimum absolute atomic E-state index is 0.0944. The number of anilines is 1. The van der Waals surface area contributed by atoms with Crippen LogP contribution in [0.25, 0.3) is 16.6 Å². The standard InChI is InChI=1S/C24H25N5O5S/c1-16-7-8-18(35(32,33)27-9-11-34-12-10-27)14-20(16)25-22(30)15-28-23-13-17(2)26-29(23)21-6-4-3-5-19(21)24(28)31/h3-8,13-14H,9-12,15H2,1-2H3,(H,25,30). The van der Waals surface area contributed by atoms with Gasteiger partial charge in [0.15, 0.2) is 0 Å². The Morgan fingerprint density at radius 3 is 2.60 bits per heavy atom. The van der Waals surface area contributed by atoms with Gasteiger partial charge in [-0.1, -0.05) is 18.2 Å². The number of sulfonamides is 1. The zero-order chi connectivity index (χ0) is 24.7. The van der Waals surface area contributed by atoms with E-state index in [4.69, 9.17) is 4.74 Å².